The molecule has 0 saturated carbocycles. The van der Waals surface area contributed by atoms with Crippen LogP contribution < -0.4 is 26.2 Å². The number of benzene rings is 2. The fourth-order valence-corrected chi connectivity index (χ4v) is 9.56. The first-order valence-electron chi connectivity index (χ1n) is 19.2. The Balaban J connectivity index is 0.00000104. The number of guanidine groups is 1. The van der Waals surface area contributed by atoms with Crippen LogP contribution in [-0.2, 0) is 31.0 Å². The predicted molar refractivity (Wildman–Crippen MR) is 221 cm³/mol. The Morgan fingerprint density at radius 2 is 1.58 bits per heavy atom. The SMILES string of the molecule is Cc1ccc2cccc(OCc3c(Cl)ccc(S(=O)(=O)NC(C)(C)C(=O)N4CCC(C5CCN(C(=O)[C@@H](N)CCCNC(=N)N)CC5)CC4)c3Cl)c2n1.O=C(O)C(F)(F)F. The minimum atomic E-state index is -5.08. The Bertz CT molecular complexity index is 2150. The van der Waals surface area contributed by atoms with Crippen LogP contribution >= 0.6 is 23.2 Å². The molecule has 1 aromatic heterocycles. The molecule has 60 heavy (non-hydrogen) atoms. The fourth-order valence-electron chi connectivity index (χ4n) is 7.30. The van der Waals surface area contributed by atoms with E-state index in [1.165, 1.54) is 12.1 Å². The molecule has 21 heteroatoms. The highest BCUT2D eigenvalue weighted by Gasteiger charge is 2.40. The van der Waals surface area contributed by atoms with Gasteiger partial charge in [-0.3, -0.25) is 15.0 Å². The van der Waals surface area contributed by atoms with Crippen LogP contribution in [0.1, 0.15) is 63.6 Å². The number of carboxylic acid groups (broad SMARTS) is 1. The molecule has 330 valence electrons. The summed E-state index contributed by atoms with van der Waals surface area (Å²) in [6, 6.07) is 11.6. The van der Waals surface area contributed by atoms with E-state index in [0.29, 0.717) is 74.2 Å². The number of fused-ring (bicyclic) bond motifs is 1. The normalized spacial score (nSPS) is 16.1. The van der Waals surface area contributed by atoms with Gasteiger partial charge >= 0.3 is 12.1 Å². The number of likely N-dealkylation sites (tertiary alicyclic amines) is 2. The molecule has 15 nitrogen and oxygen atoms in total. The summed E-state index contributed by atoms with van der Waals surface area (Å²) in [6.45, 7) is 7.72. The van der Waals surface area contributed by atoms with Crippen molar-refractivity contribution in [2.45, 2.75) is 88.6 Å². The number of carboxylic acids is 1. The molecule has 0 aliphatic carbocycles. The van der Waals surface area contributed by atoms with Crippen molar-refractivity contribution in [1.82, 2.24) is 24.8 Å². The molecule has 2 aliphatic heterocycles. The molecule has 0 bridgehead atoms. The number of nitrogens with two attached hydrogens (primary N) is 2. The zero-order chi connectivity index (χ0) is 44.6. The monoisotopic (exact) mass is 902 g/mol. The molecule has 3 heterocycles. The summed E-state index contributed by atoms with van der Waals surface area (Å²) >= 11 is 13.2. The van der Waals surface area contributed by atoms with Gasteiger partial charge < -0.3 is 36.4 Å². The molecule has 1 atom stereocenters. The third-order valence-corrected chi connectivity index (χ3v) is 13.1. The quantitative estimate of drug-likeness (QED) is 0.0743. The summed E-state index contributed by atoms with van der Waals surface area (Å²) in [5.41, 5.74) is 11.8. The zero-order valence-corrected chi connectivity index (χ0v) is 35.8. The summed E-state index contributed by atoms with van der Waals surface area (Å²) in [5.74, 6) is -1.87. The second-order valence-corrected chi connectivity index (χ2v) is 17.8. The number of nitrogens with one attached hydrogen (secondary N) is 3. The Labute approximate surface area is 356 Å². The number of hydrogen-bond acceptors (Lipinski definition) is 9. The van der Waals surface area contributed by atoms with Gasteiger partial charge in [0.05, 0.1) is 11.1 Å². The van der Waals surface area contributed by atoms with Crippen LogP contribution in [0.25, 0.3) is 10.9 Å². The molecular weight excluding hydrogens is 852 g/mol. The number of pyridine rings is 1. The summed E-state index contributed by atoms with van der Waals surface area (Å²) < 4.78 is 67.9. The van der Waals surface area contributed by atoms with E-state index in [0.717, 1.165) is 36.8 Å². The highest BCUT2D eigenvalue weighted by molar-refractivity contribution is 7.89. The standard InChI is InChI=1S/C37H50Cl2N8O5S.C2HF3O2/c1-23-9-10-26-6-4-8-30(33(26)44-23)52-22-27-28(38)11-12-31(32(27)39)53(50,51)45-37(2,3)35(49)47-20-15-25(16-21-47)24-13-18-46(19-14-24)34(48)29(40)7-5-17-43-36(41)42;3-2(4,5)1(6)7/h4,6,8-12,24-25,29,45H,5,7,13-22,40H2,1-3H3,(H4,41,42,43);(H,6,7)/t29-;/m0./s1. The molecule has 0 unspecified atom stereocenters. The number of hydrogen-bond donors (Lipinski definition) is 6. The number of carbonyl (C=O) groups excluding carboxylic acids is 2. The second-order valence-electron chi connectivity index (χ2n) is 15.3. The average Bonchev–Trinajstić information content (AvgIpc) is 3.18. The van der Waals surface area contributed by atoms with Gasteiger partial charge in [0.15, 0.2) is 5.96 Å². The number of rotatable bonds is 13. The smallest absolute Gasteiger partial charge is 0.487 e. The molecule has 3 aromatic rings. The molecule has 8 N–H and O–H groups in total. The van der Waals surface area contributed by atoms with Gasteiger partial charge in [0.1, 0.15) is 28.3 Å². The summed E-state index contributed by atoms with van der Waals surface area (Å²) in [6.07, 6.45) is -0.564. The van der Waals surface area contributed by atoms with Crippen molar-refractivity contribution in [2.75, 3.05) is 32.7 Å². The molecule has 5 rings (SSSR count). The number of aryl methyl sites for hydroxylation is 1. The number of halogens is 5. The van der Waals surface area contributed by atoms with E-state index < -0.39 is 33.7 Å². The van der Waals surface area contributed by atoms with Crippen molar-refractivity contribution in [1.29, 1.82) is 5.41 Å². The maximum absolute atomic E-state index is 13.8. The van der Waals surface area contributed by atoms with Crippen molar-refractivity contribution in [3.8, 4) is 5.75 Å². The number of aromatic nitrogens is 1. The largest absolute Gasteiger partial charge is 0.490 e. The van der Waals surface area contributed by atoms with Gasteiger partial charge in [0, 0.05) is 54.4 Å². The molecule has 0 spiro atoms. The van der Waals surface area contributed by atoms with Gasteiger partial charge in [-0.25, -0.2) is 18.2 Å². The number of amides is 2. The number of aliphatic carboxylic acids is 1. The number of piperidine rings is 2. The summed E-state index contributed by atoms with van der Waals surface area (Å²) in [7, 11) is -4.27. The van der Waals surface area contributed by atoms with E-state index in [2.05, 4.69) is 15.0 Å². The molecular formula is C39H51Cl2F3N8O7S. The van der Waals surface area contributed by atoms with Gasteiger partial charge in [-0.2, -0.15) is 17.9 Å². The molecule has 2 amide bonds. The van der Waals surface area contributed by atoms with Crippen LogP contribution in [0.5, 0.6) is 5.75 Å². The van der Waals surface area contributed by atoms with E-state index in [4.69, 9.17) is 54.7 Å². The average molecular weight is 904 g/mol. The Morgan fingerprint density at radius 1 is 1.00 bits per heavy atom. The van der Waals surface area contributed by atoms with Gasteiger partial charge in [-0.1, -0.05) is 41.4 Å². The number of nitrogens with zero attached hydrogens (tertiary/aromatic N) is 3. The van der Waals surface area contributed by atoms with Crippen LogP contribution in [0.4, 0.5) is 13.2 Å². The van der Waals surface area contributed by atoms with Crippen LogP contribution in [0, 0.1) is 24.2 Å². The highest BCUT2D eigenvalue weighted by atomic mass is 35.5. The Morgan fingerprint density at radius 3 is 2.15 bits per heavy atom. The topological polar surface area (TPSA) is 234 Å². The van der Waals surface area contributed by atoms with Crippen molar-refractivity contribution >= 4 is 67.9 Å². The van der Waals surface area contributed by atoms with Crippen LogP contribution in [-0.4, -0.2) is 103 Å². The number of para-hydroxylation sites is 1. The minimum absolute atomic E-state index is 0.0469. The highest BCUT2D eigenvalue weighted by Crippen LogP contribution is 2.36. The number of sulfonamides is 1. The molecule has 2 fully saturated rings. The summed E-state index contributed by atoms with van der Waals surface area (Å²) in [4.78, 5) is 43.5. The van der Waals surface area contributed by atoms with Gasteiger partial charge in [-0.15, -0.1) is 0 Å². The number of alkyl halides is 3. The predicted octanol–water partition coefficient (Wildman–Crippen LogP) is 5.19. The van der Waals surface area contributed by atoms with E-state index >= 15 is 0 Å². The molecule has 2 saturated heterocycles. The van der Waals surface area contributed by atoms with Crippen LogP contribution in [0.3, 0.4) is 0 Å². The Kier molecular flexibility index (Phi) is 16.4. The molecule has 0 radical (unpaired) electrons. The van der Waals surface area contributed by atoms with Crippen LogP contribution in [0.2, 0.25) is 10.0 Å². The maximum Gasteiger partial charge on any atom is 0.490 e. The first kappa shape index (κ1) is 48.2. The van der Waals surface area contributed by atoms with Crippen molar-refractivity contribution in [2.24, 2.45) is 23.3 Å². The lowest BCUT2D eigenvalue weighted by atomic mass is 9.78. The first-order valence-corrected chi connectivity index (χ1v) is 21.5. The lowest BCUT2D eigenvalue weighted by molar-refractivity contribution is -0.192. The minimum Gasteiger partial charge on any atom is -0.487 e. The molecule has 2 aromatic carbocycles. The van der Waals surface area contributed by atoms with E-state index in [1.807, 2.05) is 36.1 Å². The fraction of sp³-hybridized carbons (Fsp3) is 0.513. The second kappa shape index (κ2) is 20.4. The molecule has 2 aliphatic rings. The van der Waals surface area contributed by atoms with Gasteiger partial charge in [0.25, 0.3) is 0 Å². The lowest BCUT2D eigenvalue weighted by Gasteiger charge is -2.42. The van der Waals surface area contributed by atoms with Crippen molar-refractivity contribution in [3.63, 3.8) is 0 Å². The van der Waals surface area contributed by atoms with Crippen molar-refractivity contribution < 1.29 is 45.8 Å². The third-order valence-electron chi connectivity index (χ3n) is 10.5. The van der Waals surface area contributed by atoms with E-state index in [1.54, 1.807) is 24.8 Å². The van der Waals surface area contributed by atoms with E-state index in [9.17, 15) is 31.2 Å². The summed E-state index contributed by atoms with van der Waals surface area (Å²) in [5, 5.41) is 18.1. The van der Waals surface area contributed by atoms with Gasteiger partial charge in [0.2, 0.25) is 21.8 Å². The van der Waals surface area contributed by atoms with E-state index in [-0.39, 0.29) is 39.3 Å². The van der Waals surface area contributed by atoms with Gasteiger partial charge in [-0.05, 0) is 95.4 Å². The van der Waals surface area contributed by atoms with Crippen molar-refractivity contribution in [3.05, 3.63) is 63.8 Å². The maximum atomic E-state index is 13.8. The Hall–Kier alpha value is -4.43. The number of carbonyl (C=O) groups is 3. The van der Waals surface area contributed by atoms with Crippen LogP contribution in [0.15, 0.2) is 47.4 Å². The number of ether oxygens (including phenoxy) is 1. The lowest BCUT2D eigenvalue weighted by Crippen LogP contribution is -2.57. The zero-order valence-electron chi connectivity index (χ0n) is 33.4. The first-order chi connectivity index (χ1) is 28.0. The third kappa shape index (κ3) is 12.8.